The van der Waals surface area contributed by atoms with Gasteiger partial charge in [-0.15, -0.1) is 6.58 Å². The summed E-state index contributed by atoms with van der Waals surface area (Å²) in [7, 11) is 0. The van der Waals surface area contributed by atoms with Crippen LogP contribution in [0.15, 0.2) is 12.7 Å². The SMILES string of the molecule is C=C[C@@H](O)CCCCCCCC. The maximum absolute atomic E-state index is 9.14. The normalized spacial score (nSPS) is 12.8. The van der Waals surface area contributed by atoms with Crippen LogP contribution < -0.4 is 0 Å². The van der Waals surface area contributed by atoms with Crippen LogP contribution in [0.25, 0.3) is 0 Å². The summed E-state index contributed by atoms with van der Waals surface area (Å²) in [5.41, 5.74) is 0. The first-order chi connectivity index (χ1) is 5.81. The van der Waals surface area contributed by atoms with E-state index in [0.717, 1.165) is 12.8 Å². The van der Waals surface area contributed by atoms with Crippen LogP contribution in [-0.2, 0) is 0 Å². The van der Waals surface area contributed by atoms with E-state index in [1.165, 1.54) is 32.1 Å². The molecule has 0 aromatic rings. The molecule has 0 radical (unpaired) electrons. The number of aliphatic hydroxyl groups is 1. The van der Waals surface area contributed by atoms with Crippen molar-refractivity contribution in [3.8, 4) is 0 Å². The molecule has 72 valence electrons. The molecule has 0 unspecified atom stereocenters. The fourth-order valence-electron chi connectivity index (χ4n) is 1.25. The monoisotopic (exact) mass is 170 g/mol. The van der Waals surface area contributed by atoms with E-state index in [9.17, 15) is 0 Å². The maximum Gasteiger partial charge on any atom is 0.0718 e. The number of unbranched alkanes of at least 4 members (excludes halogenated alkanes) is 5. The summed E-state index contributed by atoms with van der Waals surface area (Å²) < 4.78 is 0. The third kappa shape index (κ3) is 7.80. The van der Waals surface area contributed by atoms with Gasteiger partial charge in [0.15, 0.2) is 0 Å². The molecule has 12 heavy (non-hydrogen) atoms. The average Bonchev–Trinajstić information content (AvgIpc) is 2.10. The van der Waals surface area contributed by atoms with Gasteiger partial charge in [0.1, 0.15) is 0 Å². The highest BCUT2D eigenvalue weighted by Crippen LogP contribution is 2.08. The highest BCUT2D eigenvalue weighted by atomic mass is 16.3. The number of hydrogen-bond donors (Lipinski definition) is 1. The predicted molar refractivity (Wildman–Crippen MR) is 54.2 cm³/mol. The second-order valence-electron chi connectivity index (χ2n) is 3.36. The molecule has 0 heterocycles. The molecule has 0 aromatic heterocycles. The Hall–Kier alpha value is -0.300. The van der Waals surface area contributed by atoms with Crippen LogP contribution in [0.5, 0.6) is 0 Å². The van der Waals surface area contributed by atoms with Crippen molar-refractivity contribution in [2.75, 3.05) is 0 Å². The Morgan fingerprint density at radius 2 is 1.75 bits per heavy atom. The van der Waals surface area contributed by atoms with Crippen molar-refractivity contribution in [3.05, 3.63) is 12.7 Å². The molecule has 1 heteroatoms. The molecule has 0 aliphatic heterocycles. The zero-order valence-corrected chi connectivity index (χ0v) is 8.26. The molecular formula is C11H22O. The molecule has 0 spiro atoms. The molecule has 0 bridgehead atoms. The van der Waals surface area contributed by atoms with Gasteiger partial charge in [-0.05, 0) is 6.42 Å². The summed E-state index contributed by atoms with van der Waals surface area (Å²) in [5.74, 6) is 0. The van der Waals surface area contributed by atoms with E-state index < -0.39 is 0 Å². The van der Waals surface area contributed by atoms with Crippen LogP contribution >= 0.6 is 0 Å². The summed E-state index contributed by atoms with van der Waals surface area (Å²) >= 11 is 0. The zero-order valence-electron chi connectivity index (χ0n) is 8.26. The first kappa shape index (κ1) is 11.7. The van der Waals surface area contributed by atoms with Crippen LogP contribution in [0.2, 0.25) is 0 Å². The maximum atomic E-state index is 9.14. The molecule has 1 nitrogen and oxygen atoms in total. The first-order valence-corrected chi connectivity index (χ1v) is 5.12. The minimum absolute atomic E-state index is 0.281. The quantitative estimate of drug-likeness (QED) is 0.438. The second kappa shape index (κ2) is 8.79. The lowest BCUT2D eigenvalue weighted by molar-refractivity contribution is 0.208. The average molecular weight is 170 g/mol. The zero-order chi connectivity index (χ0) is 9.23. The smallest absolute Gasteiger partial charge is 0.0718 e. The Morgan fingerprint density at radius 3 is 2.33 bits per heavy atom. The van der Waals surface area contributed by atoms with Gasteiger partial charge in [-0.2, -0.15) is 0 Å². The number of aliphatic hydroxyl groups excluding tert-OH is 1. The van der Waals surface area contributed by atoms with Crippen molar-refractivity contribution < 1.29 is 5.11 Å². The Morgan fingerprint density at radius 1 is 1.17 bits per heavy atom. The van der Waals surface area contributed by atoms with Gasteiger partial charge in [-0.1, -0.05) is 51.5 Å². The Balaban J connectivity index is 2.95. The molecule has 1 atom stereocenters. The predicted octanol–water partition coefficient (Wildman–Crippen LogP) is 3.28. The van der Waals surface area contributed by atoms with Crippen LogP contribution in [0, 0.1) is 0 Å². The van der Waals surface area contributed by atoms with Gasteiger partial charge in [-0.3, -0.25) is 0 Å². The van der Waals surface area contributed by atoms with Gasteiger partial charge in [0.25, 0.3) is 0 Å². The van der Waals surface area contributed by atoms with Gasteiger partial charge in [0.2, 0.25) is 0 Å². The van der Waals surface area contributed by atoms with Crippen molar-refractivity contribution in [3.63, 3.8) is 0 Å². The van der Waals surface area contributed by atoms with E-state index in [2.05, 4.69) is 13.5 Å². The number of rotatable bonds is 8. The molecular weight excluding hydrogens is 148 g/mol. The number of hydrogen-bond acceptors (Lipinski definition) is 1. The van der Waals surface area contributed by atoms with Crippen molar-refractivity contribution >= 4 is 0 Å². The van der Waals surface area contributed by atoms with E-state index in [0.29, 0.717) is 0 Å². The van der Waals surface area contributed by atoms with Gasteiger partial charge >= 0.3 is 0 Å². The van der Waals surface area contributed by atoms with E-state index in [1.54, 1.807) is 6.08 Å². The Labute approximate surface area is 76.5 Å². The summed E-state index contributed by atoms with van der Waals surface area (Å²) in [6.45, 7) is 5.76. The third-order valence-corrected chi connectivity index (χ3v) is 2.13. The standard InChI is InChI=1S/C11H22O/c1-3-5-6-7-8-9-10-11(12)4-2/h4,11-12H,2-3,5-10H2,1H3/t11-/m1/s1. The molecule has 0 saturated heterocycles. The molecule has 0 fully saturated rings. The summed E-state index contributed by atoms with van der Waals surface area (Å²) in [5, 5.41) is 9.14. The van der Waals surface area contributed by atoms with Crippen LogP contribution in [0.1, 0.15) is 51.9 Å². The molecule has 0 amide bonds. The fraction of sp³-hybridized carbons (Fsp3) is 0.818. The summed E-state index contributed by atoms with van der Waals surface area (Å²) in [6.07, 6.45) is 9.93. The van der Waals surface area contributed by atoms with Gasteiger partial charge < -0.3 is 5.11 Å². The third-order valence-electron chi connectivity index (χ3n) is 2.13. The lowest BCUT2D eigenvalue weighted by atomic mass is 10.1. The minimum Gasteiger partial charge on any atom is -0.389 e. The van der Waals surface area contributed by atoms with E-state index >= 15 is 0 Å². The molecule has 0 aromatic carbocycles. The van der Waals surface area contributed by atoms with Gasteiger partial charge in [-0.25, -0.2) is 0 Å². The molecule has 0 aliphatic carbocycles. The highest BCUT2D eigenvalue weighted by molar-refractivity contribution is 4.77. The Kier molecular flexibility index (Phi) is 8.57. The van der Waals surface area contributed by atoms with Crippen LogP contribution in [0.4, 0.5) is 0 Å². The molecule has 0 rings (SSSR count). The summed E-state index contributed by atoms with van der Waals surface area (Å²) in [4.78, 5) is 0. The summed E-state index contributed by atoms with van der Waals surface area (Å²) in [6, 6.07) is 0. The van der Waals surface area contributed by atoms with Crippen molar-refractivity contribution in [2.24, 2.45) is 0 Å². The largest absolute Gasteiger partial charge is 0.389 e. The second-order valence-corrected chi connectivity index (χ2v) is 3.36. The lowest BCUT2D eigenvalue weighted by Crippen LogP contribution is -2.00. The topological polar surface area (TPSA) is 20.2 Å². The lowest BCUT2D eigenvalue weighted by Gasteiger charge is -2.03. The van der Waals surface area contributed by atoms with Crippen LogP contribution in [0.3, 0.4) is 0 Å². The molecule has 0 saturated carbocycles. The van der Waals surface area contributed by atoms with E-state index in [4.69, 9.17) is 5.11 Å². The molecule has 0 aliphatic rings. The van der Waals surface area contributed by atoms with Gasteiger partial charge in [0, 0.05) is 0 Å². The van der Waals surface area contributed by atoms with Crippen molar-refractivity contribution in [1.29, 1.82) is 0 Å². The highest BCUT2D eigenvalue weighted by Gasteiger charge is 1.96. The van der Waals surface area contributed by atoms with E-state index in [-0.39, 0.29) is 6.10 Å². The van der Waals surface area contributed by atoms with Crippen molar-refractivity contribution in [1.82, 2.24) is 0 Å². The molecule has 1 N–H and O–H groups in total. The van der Waals surface area contributed by atoms with Gasteiger partial charge in [0.05, 0.1) is 6.10 Å². The fourth-order valence-corrected chi connectivity index (χ4v) is 1.25. The van der Waals surface area contributed by atoms with Crippen molar-refractivity contribution in [2.45, 2.75) is 58.0 Å². The Bertz CT molecular complexity index is 99.2. The van der Waals surface area contributed by atoms with E-state index in [1.807, 2.05) is 0 Å². The van der Waals surface area contributed by atoms with Crippen LogP contribution in [-0.4, -0.2) is 11.2 Å². The minimum atomic E-state index is -0.281. The first-order valence-electron chi connectivity index (χ1n) is 5.12.